The van der Waals surface area contributed by atoms with Crippen molar-refractivity contribution >= 4 is 5.78 Å². The van der Waals surface area contributed by atoms with Gasteiger partial charge >= 0.3 is 0 Å². The van der Waals surface area contributed by atoms with Gasteiger partial charge in [0.25, 0.3) is 0 Å². The molecule has 0 N–H and O–H groups in total. The largest absolute Gasteiger partial charge is 0.497 e. The van der Waals surface area contributed by atoms with Crippen LogP contribution >= 0.6 is 0 Å². The van der Waals surface area contributed by atoms with Gasteiger partial charge in [0.15, 0.2) is 5.78 Å². The lowest BCUT2D eigenvalue weighted by Crippen LogP contribution is -2.44. The monoisotopic (exact) mass is 261 g/mol. The van der Waals surface area contributed by atoms with E-state index in [1.165, 1.54) is 12.8 Å². The highest BCUT2D eigenvalue weighted by Crippen LogP contribution is 2.23. The number of benzene rings is 1. The normalized spacial score (nSPS) is 24.2. The van der Waals surface area contributed by atoms with Crippen molar-refractivity contribution in [2.24, 2.45) is 5.92 Å². The number of nitrogens with zero attached hydrogens (tertiary/aromatic N) is 1. The summed E-state index contributed by atoms with van der Waals surface area (Å²) in [7, 11) is 1.62. The standard InChI is InChI=1S/C16H23NO2/c1-12-6-5-9-17(13(12)2)11-16(18)14-7-4-8-15(10-14)19-3/h4,7-8,10,12-13H,5-6,9,11H2,1-3H3. The van der Waals surface area contributed by atoms with Gasteiger partial charge in [-0.2, -0.15) is 0 Å². The summed E-state index contributed by atoms with van der Waals surface area (Å²) in [6.45, 7) is 6.04. The van der Waals surface area contributed by atoms with Crippen molar-refractivity contribution < 1.29 is 9.53 Å². The van der Waals surface area contributed by atoms with Crippen LogP contribution in [0.4, 0.5) is 0 Å². The van der Waals surface area contributed by atoms with Gasteiger partial charge in [0.2, 0.25) is 0 Å². The molecule has 0 aromatic heterocycles. The first-order chi connectivity index (χ1) is 9.11. The number of hydrogen-bond donors (Lipinski definition) is 0. The zero-order valence-electron chi connectivity index (χ0n) is 12.1. The highest BCUT2D eigenvalue weighted by atomic mass is 16.5. The zero-order valence-corrected chi connectivity index (χ0v) is 12.1. The molecule has 1 fully saturated rings. The van der Waals surface area contributed by atoms with E-state index < -0.39 is 0 Å². The molecule has 2 unspecified atom stereocenters. The lowest BCUT2D eigenvalue weighted by Gasteiger charge is -2.37. The van der Waals surface area contributed by atoms with Crippen LogP contribution in [0.5, 0.6) is 5.75 Å². The average molecular weight is 261 g/mol. The number of carbonyl (C=O) groups is 1. The molecule has 1 heterocycles. The summed E-state index contributed by atoms with van der Waals surface area (Å²) in [5.74, 6) is 1.60. The summed E-state index contributed by atoms with van der Waals surface area (Å²) in [4.78, 5) is 14.6. The number of rotatable bonds is 4. The van der Waals surface area contributed by atoms with E-state index in [0.717, 1.165) is 17.9 Å². The Morgan fingerprint density at radius 1 is 1.42 bits per heavy atom. The van der Waals surface area contributed by atoms with Crippen LogP contribution in [0.1, 0.15) is 37.0 Å². The van der Waals surface area contributed by atoms with Gasteiger partial charge < -0.3 is 4.74 Å². The molecule has 0 bridgehead atoms. The van der Waals surface area contributed by atoms with Crippen LogP contribution in [0.25, 0.3) is 0 Å². The summed E-state index contributed by atoms with van der Waals surface area (Å²) >= 11 is 0. The zero-order chi connectivity index (χ0) is 13.8. The number of ether oxygens (including phenoxy) is 1. The van der Waals surface area contributed by atoms with Gasteiger partial charge in [0.05, 0.1) is 13.7 Å². The molecule has 2 atom stereocenters. The first-order valence-corrected chi connectivity index (χ1v) is 7.03. The molecule has 3 heteroatoms. The van der Waals surface area contributed by atoms with E-state index in [0.29, 0.717) is 18.5 Å². The molecule has 0 aliphatic carbocycles. The molecule has 1 aliphatic heterocycles. The third-order valence-corrected chi connectivity index (χ3v) is 4.24. The Balaban J connectivity index is 2.03. The van der Waals surface area contributed by atoms with Crippen LogP contribution < -0.4 is 4.74 Å². The van der Waals surface area contributed by atoms with Crippen molar-refractivity contribution in [3.8, 4) is 5.75 Å². The Bertz CT molecular complexity index is 444. The third-order valence-electron chi connectivity index (χ3n) is 4.24. The minimum absolute atomic E-state index is 0.180. The molecule has 0 spiro atoms. The van der Waals surface area contributed by atoms with Crippen molar-refractivity contribution in [2.75, 3.05) is 20.2 Å². The van der Waals surface area contributed by atoms with E-state index in [-0.39, 0.29) is 5.78 Å². The highest BCUT2D eigenvalue weighted by Gasteiger charge is 2.26. The molecule has 19 heavy (non-hydrogen) atoms. The van der Waals surface area contributed by atoms with Crippen LogP contribution in [0, 0.1) is 5.92 Å². The molecule has 1 aromatic carbocycles. The summed E-state index contributed by atoms with van der Waals surface area (Å²) in [5.41, 5.74) is 0.741. The number of ketones is 1. The summed E-state index contributed by atoms with van der Waals surface area (Å²) in [6, 6.07) is 7.91. The lowest BCUT2D eigenvalue weighted by molar-refractivity contribution is 0.0779. The first kappa shape index (κ1) is 14.1. The van der Waals surface area contributed by atoms with Gasteiger partial charge in [0.1, 0.15) is 5.75 Å². The van der Waals surface area contributed by atoms with Crippen molar-refractivity contribution in [3.05, 3.63) is 29.8 Å². The molecule has 0 radical (unpaired) electrons. The van der Waals surface area contributed by atoms with E-state index in [4.69, 9.17) is 4.74 Å². The fourth-order valence-electron chi connectivity index (χ4n) is 2.72. The quantitative estimate of drug-likeness (QED) is 0.780. The van der Waals surface area contributed by atoms with Crippen molar-refractivity contribution in [1.82, 2.24) is 4.90 Å². The van der Waals surface area contributed by atoms with Gasteiger partial charge in [-0.15, -0.1) is 0 Å². The maximum atomic E-state index is 12.3. The van der Waals surface area contributed by atoms with E-state index >= 15 is 0 Å². The molecule has 104 valence electrons. The maximum absolute atomic E-state index is 12.3. The molecule has 1 aliphatic rings. The summed E-state index contributed by atoms with van der Waals surface area (Å²) in [6.07, 6.45) is 2.46. The number of piperidine rings is 1. The number of methoxy groups -OCH3 is 1. The molecular weight excluding hydrogens is 238 g/mol. The number of hydrogen-bond acceptors (Lipinski definition) is 3. The Hall–Kier alpha value is -1.35. The van der Waals surface area contributed by atoms with Crippen LogP contribution in [0.2, 0.25) is 0 Å². The van der Waals surface area contributed by atoms with Crippen LogP contribution in [0.15, 0.2) is 24.3 Å². The van der Waals surface area contributed by atoms with Gasteiger partial charge in [-0.1, -0.05) is 19.1 Å². The SMILES string of the molecule is COc1cccc(C(=O)CN2CCCC(C)C2C)c1. The fourth-order valence-corrected chi connectivity index (χ4v) is 2.72. The molecule has 3 nitrogen and oxygen atoms in total. The summed E-state index contributed by atoms with van der Waals surface area (Å²) in [5, 5.41) is 0. The van der Waals surface area contributed by atoms with Crippen LogP contribution in [0.3, 0.4) is 0 Å². The Labute approximate surface area is 115 Å². The van der Waals surface area contributed by atoms with E-state index in [2.05, 4.69) is 18.7 Å². The number of Topliss-reactive ketones (excluding diaryl/α,β-unsaturated/α-hetero) is 1. The van der Waals surface area contributed by atoms with Gasteiger partial charge in [-0.05, 0) is 44.4 Å². The predicted molar refractivity (Wildman–Crippen MR) is 76.8 cm³/mol. The third kappa shape index (κ3) is 3.35. The minimum atomic E-state index is 0.180. The van der Waals surface area contributed by atoms with Gasteiger partial charge in [-0.25, -0.2) is 0 Å². The van der Waals surface area contributed by atoms with Crippen LogP contribution in [-0.2, 0) is 0 Å². The molecular formula is C16H23NO2. The predicted octanol–water partition coefficient (Wildman–Crippen LogP) is 3.00. The highest BCUT2D eigenvalue weighted by molar-refractivity contribution is 5.98. The van der Waals surface area contributed by atoms with E-state index in [9.17, 15) is 4.79 Å². The minimum Gasteiger partial charge on any atom is -0.497 e. The molecule has 1 saturated heterocycles. The van der Waals surface area contributed by atoms with Gasteiger partial charge in [-0.3, -0.25) is 9.69 Å². The number of likely N-dealkylation sites (tertiary alicyclic amines) is 1. The second-order valence-electron chi connectivity index (χ2n) is 5.49. The molecule has 0 amide bonds. The fraction of sp³-hybridized carbons (Fsp3) is 0.562. The first-order valence-electron chi connectivity index (χ1n) is 7.03. The van der Waals surface area contributed by atoms with E-state index in [1.54, 1.807) is 7.11 Å². The van der Waals surface area contributed by atoms with Crippen molar-refractivity contribution in [2.45, 2.75) is 32.7 Å². The molecule has 2 rings (SSSR count). The second kappa shape index (κ2) is 6.20. The Kier molecular flexibility index (Phi) is 4.59. The summed E-state index contributed by atoms with van der Waals surface area (Å²) < 4.78 is 5.17. The molecule has 1 aromatic rings. The Morgan fingerprint density at radius 3 is 2.95 bits per heavy atom. The number of carbonyl (C=O) groups excluding carboxylic acids is 1. The topological polar surface area (TPSA) is 29.5 Å². The average Bonchev–Trinajstić information content (AvgIpc) is 2.44. The maximum Gasteiger partial charge on any atom is 0.176 e. The molecule has 0 saturated carbocycles. The Morgan fingerprint density at radius 2 is 2.21 bits per heavy atom. The second-order valence-corrected chi connectivity index (χ2v) is 5.49. The van der Waals surface area contributed by atoms with E-state index in [1.807, 2.05) is 24.3 Å². The lowest BCUT2D eigenvalue weighted by atomic mass is 9.91. The van der Waals surface area contributed by atoms with Crippen molar-refractivity contribution in [1.29, 1.82) is 0 Å². The smallest absolute Gasteiger partial charge is 0.176 e. The van der Waals surface area contributed by atoms with Gasteiger partial charge in [0, 0.05) is 11.6 Å². The van der Waals surface area contributed by atoms with Crippen LogP contribution in [-0.4, -0.2) is 36.9 Å². The van der Waals surface area contributed by atoms with Crippen molar-refractivity contribution in [3.63, 3.8) is 0 Å².